The van der Waals surface area contributed by atoms with Crippen LogP contribution in [0, 0.1) is 6.92 Å². The molecule has 0 bridgehead atoms. The Kier molecular flexibility index (Phi) is 4.48. The highest BCUT2D eigenvalue weighted by atomic mass is 16.2. The van der Waals surface area contributed by atoms with Gasteiger partial charge in [-0.15, -0.1) is 0 Å². The normalized spacial score (nSPS) is 14.7. The maximum Gasteiger partial charge on any atom is 0.329 e. The standard InChI is InChI=1S/C21H24N4O2/c1-16-7-3-4-8-17(16)23-11-13-24(14-12-23)20(26)15-25-19-10-6-5-9-18(19)22(2)21(25)27/h3-10H,11-15H2,1-2H3. The van der Waals surface area contributed by atoms with Crippen LogP contribution in [0.2, 0.25) is 0 Å². The first kappa shape index (κ1) is 17.4. The van der Waals surface area contributed by atoms with Crippen molar-refractivity contribution in [3.63, 3.8) is 0 Å². The van der Waals surface area contributed by atoms with E-state index in [9.17, 15) is 9.59 Å². The van der Waals surface area contributed by atoms with Gasteiger partial charge in [0.1, 0.15) is 6.54 Å². The van der Waals surface area contributed by atoms with Crippen molar-refractivity contribution < 1.29 is 4.79 Å². The van der Waals surface area contributed by atoms with E-state index in [0.717, 1.165) is 24.1 Å². The van der Waals surface area contributed by atoms with Crippen LogP contribution in [0.3, 0.4) is 0 Å². The molecule has 140 valence electrons. The van der Waals surface area contributed by atoms with Crippen molar-refractivity contribution in [1.29, 1.82) is 0 Å². The molecule has 0 saturated carbocycles. The number of piperazine rings is 1. The molecular weight excluding hydrogens is 340 g/mol. The largest absolute Gasteiger partial charge is 0.368 e. The van der Waals surface area contributed by atoms with Gasteiger partial charge in [0, 0.05) is 38.9 Å². The van der Waals surface area contributed by atoms with Crippen molar-refractivity contribution in [2.75, 3.05) is 31.1 Å². The van der Waals surface area contributed by atoms with Crippen LogP contribution < -0.4 is 10.6 Å². The summed E-state index contributed by atoms with van der Waals surface area (Å²) in [4.78, 5) is 29.5. The summed E-state index contributed by atoms with van der Waals surface area (Å²) in [5, 5.41) is 0. The first-order valence-electron chi connectivity index (χ1n) is 9.29. The van der Waals surface area contributed by atoms with Crippen molar-refractivity contribution in [3.8, 4) is 0 Å². The number of aryl methyl sites for hydroxylation is 2. The molecule has 6 nitrogen and oxygen atoms in total. The van der Waals surface area contributed by atoms with E-state index in [1.165, 1.54) is 11.3 Å². The van der Waals surface area contributed by atoms with Gasteiger partial charge in [-0.05, 0) is 30.7 Å². The first-order chi connectivity index (χ1) is 13.1. The van der Waals surface area contributed by atoms with Crippen molar-refractivity contribution in [2.45, 2.75) is 13.5 Å². The average Bonchev–Trinajstić information content (AvgIpc) is 2.94. The maximum absolute atomic E-state index is 12.8. The summed E-state index contributed by atoms with van der Waals surface area (Å²) in [7, 11) is 1.74. The smallest absolute Gasteiger partial charge is 0.329 e. The number of hydrogen-bond acceptors (Lipinski definition) is 3. The number of amides is 1. The first-order valence-corrected chi connectivity index (χ1v) is 9.29. The molecule has 1 aliphatic rings. The summed E-state index contributed by atoms with van der Waals surface area (Å²) in [5.41, 5.74) is 3.98. The molecule has 0 N–H and O–H groups in total. The van der Waals surface area contributed by atoms with Gasteiger partial charge in [0.25, 0.3) is 0 Å². The van der Waals surface area contributed by atoms with Crippen molar-refractivity contribution in [2.24, 2.45) is 7.05 Å². The Bertz CT molecular complexity index is 1040. The number of fused-ring (bicyclic) bond motifs is 1. The van der Waals surface area contributed by atoms with Crippen LogP contribution in [0.25, 0.3) is 11.0 Å². The Morgan fingerprint density at radius 1 is 0.926 bits per heavy atom. The molecule has 1 aliphatic heterocycles. The van der Waals surface area contributed by atoms with Crippen molar-refractivity contribution >= 4 is 22.6 Å². The number of para-hydroxylation sites is 3. The Morgan fingerprint density at radius 3 is 2.26 bits per heavy atom. The second-order valence-electron chi connectivity index (χ2n) is 7.07. The fraction of sp³-hybridized carbons (Fsp3) is 0.333. The van der Waals surface area contributed by atoms with Crippen LogP contribution in [-0.4, -0.2) is 46.1 Å². The molecule has 0 spiro atoms. The molecule has 1 aromatic heterocycles. The molecule has 0 radical (unpaired) electrons. The summed E-state index contributed by atoms with van der Waals surface area (Å²) >= 11 is 0. The van der Waals surface area contributed by atoms with E-state index in [1.54, 1.807) is 16.2 Å². The van der Waals surface area contributed by atoms with E-state index in [1.807, 2.05) is 41.3 Å². The Balaban J connectivity index is 1.47. The minimum atomic E-state index is -0.150. The van der Waals surface area contributed by atoms with Gasteiger partial charge >= 0.3 is 5.69 Å². The van der Waals surface area contributed by atoms with Crippen LogP contribution in [-0.2, 0) is 18.4 Å². The second-order valence-corrected chi connectivity index (χ2v) is 7.07. The third-order valence-electron chi connectivity index (χ3n) is 5.43. The van der Waals surface area contributed by atoms with Crippen LogP contribution in [0.1, 0.15) is 5.56 Å². The monoisotopic (exact) mass is 364 g/mol. The maximum atomic E-state index is 12.8. The molecule has 1 fully saturated rings. The summed E-state index contributed by atoms with van der Waals surface area (Å²) in [5.74, 6) is -0.00196. The summed E-state index contributed by atoms with van der Waals surface area (Å²) in [6, 6.07) is 15.9. The molecule has 4 rings (SSSR count). The fourth-order valence-corrected chi connectivity index (χ4v) is 3.87. The van der Waals surface area contributed by atoms with Gasteiger partial charge in [-0.2, -0.15) is 0 Å². The molecular formula is C21H24N4O2. The third kappa shape index (κ3) is 3.12. The number of carbonyl (C=O) groups is 1. The van der Waals surface area contributed by atoms with Crippen LogP contribution >= 0.6 is 0 Å². The molecule has 1 saturated heterocycles. The van der Waals surface area contributed by atoms with E-state index in [2.05, 4.69) is 24.0 Å². The van der Waals surface area contributed by atoms with Crippen LogP contribution in [0.15, 0.2) is 53.3 Å². The second kappa shape index (κ2) is 6.95. The zero-order valence-corrected chi connectivity index (χ0v) is 15.8. The molecule has 0 unspecified atom stereocenters. The predicted molar refractivity (Wildman–Crippen MR) is 107 cm³/mol. The third-order valence-corrected chi connectivity index (χ3v) is 5.43. The van der Waals surface area contributed by atoms with Gasteiger partial charge in [-0.3, -0.25) is 13.9 Å². The Hall–Kier alpha value is -3.02. The number of anilines is 1. The lowest BCUT2D eigenvalue weighted by Crippen LogP contribution is -2.50. The zero-order valence-electron chi connectivity index (χ0n) is 15.8. The Morgan fingerprint density at radius 2 is 1.56 bits per heavy atom. The number of aromatic nitrogens is 2. The van der Waals surface area contributed by atoms with Gasteiger partial charge in [0.2, 0.25) is 5.91 Å². The molecule has 6 heteroatoms. The summed E-state index contributed by atoms with van der Waals surface area (Å²) in [6.07, 6.45) is 0. The van der Waals surface area contributed by atoms with Crippen LogP contribution in [0.4, 0.5) is 5.69 Å². The topological polar surface area (TPSA) is 50.5 Å². The average molecular weight is 364 g/mol. The number of imidazole rings is 1. The summed E-state index contributed by atoms with van der Waals surface area (Å²) < 4.78 is 3.17. The SMILES string of the molecule is Cc1ccccc1N1CCN(C(=O)Cn2c(=O)n(C)c3ccccc32)CC1. The predicted octanol–water partition coefficient (Wildman–Crippen LogP) is 2.00. The minimum Gasteiger partial charge on any atom is -0.368 e. The van der Waals surface area contributed by atoms with Gasteiger partial charge in [-0.1, -0.05) is 30.3 Å². The molecule has 0 atom stereocenters. The number of rotatable bonds is 3. The van der Waals surface area contributed by atoms with Gasteiger partial charge in [-0.25, -0.2) is 4.79 Å². The lowest BCUT2D eigenvalue weighted by atomic mass is 10.1. The van der Waals surface area contributed by atoms with E-state index in [-0.39, 0.29) is 18.1 Å². The molecule has 2 aromatic carbocycles. The van der Waals surface area contributed by atoms with Crippen molar-refractivity contribution in [3.05, 3.63) is 64.6 Å². The molecule has 2 heterocycles. The molecule has 0 aliphatic carbocycles. The minimum absolute atomic E-state index is 0.00196. The van der Waals surface area contributed by atoms with Crippen molar-refractivity contribution in [1.82, 2.24) is 14.0 Å². The van der Waals surface area contributed by atoms with Crippen LogP contribution in [0.5, 0.6) is 0 Å². The zero-order chi connectivity index (χ0) is 19.0. The highest BCUT2D eigenvalue weighted by Crippen LogP contribution is 2.21. The number of carbonyl (C=O) groups excluding carboxylic acids is 1. The molecule has 3 aromatic rings. The summed E-state index contributed by atoms with van der Waals surface area (Å²) in [6.45, 7) is 5.16. The van der Waals surface area contributed by atoms with Gasteiger partial charge in [0.15, 0.2) is 0 Å². The fourth-order valence-electron chi connectivity index (χ4n) is 3.87. The quantitative estimate of drug-likeness (QED) is 0.714. The number of hydrogen-bond donors (Lipinski definition) is 0. The highest BCUT2D eigenvalue weighted by molar-refractivity contribution is 5.81. The number of nitrogens with zero attached hydrogens (tertiary/aromatic N) is 4. The number of benzene rings is 2. The van der Waals surface area contributed by atoms with E-state index in [4.69, 9.17) is 0 Å². The van der Waals surface area contributed by atoms with Gasteiger partial charge in [0.05, 0.1) is 11.0 Å². The van der Waals surface area contributed by atoms with E-state index < -0.39 is 0 Å². The van der Waals surface area contributed by atoms with Gasteiger partial charge < -0.3 is 9.80 Å². The molecule has 1 amide bonds. The highest BCUT2D eigenvalue weighted by Gasteiger charge is 2.23. The van der Waals surface area contributed by atoms with E-state index in [0.29, 0.717) is 13.1 Å². The van der Waals surface area contributed by atoms with E-state index >= 15 is 0 Å². The Labute approximate surface area is 158 Å². The lowest BCUT2D eigenvalue weighted by molar-refractivity contribution is -0.132. The molecule has 27 heavy (non-hydrogen) atoms. The lowest BCUT2D eigenvalue weighted by Gasteiger charge is -2.36.